The lowest BCUT2D eigenvalue weighted by atomic mass is 10.2. The molecule has 0 saturated heterocycles. The summed E-state index contributed by atoms with van der Waals surface area (Å²) in [6.45, 7) is 3.86. The van der Waals surface area contributed by atoms with E-state index in [9.17, 15) is 0 Å². The lowest BCUT2D eigenvalue weighted by Crippen LogP contribution is -1.96. The molecule has 0 saturated carbocycles. The molecule has 2 aromatic heterocycles. The van der Waals surface area contributed by atoms with E-state index in [-0.39, 0.29) is 0 Å². The number of aryl methyl sites for hydroxylation is 3. The van der Waals surface area contributed by atoms with Gasteiger partial charge in [0.05, 0.1) is 23.4 Å². The van der Waals surface area contributed by atoms with Gasteiger partial charge in [-0.15, -0.1) is 0 Å². The Labute approximate surface area is 82.7 Å². The second kappa shape index (κ2) is 3.21. The standard InChI is InChI=1S/C10H12N4/c1-7-10(14(3)6-12-7)9-4-5-11-8(2)13-9/h4-6H,1-3H3. The van der Waals surface area contributed by atoms with Gasteiger partial charge in [0, 0.05) is 13.2 Å². The molecule has 0 radical (unpaired) electrons. The lowest BCUT2D eigenvalue weighted by molar-refractivity contribution is 0.910. The maximum absolute atomic E-state index is 4.37. The zero-order chi connectivity index (χ0) is 10.1. The van der Waals surface area contributed by atoms with E-state index < -0.39 is 0 Å². The summed E-state index contributed by atoms with van der Waals surface area (Å²) in [6.07, 6.45) is 3.56. The van der Waals surface area contributed by atoms with Gasteiger partial charge in [0.15, 0.2) is 0 Å². The molecule has 0 aliphatic rings. The minimum atomic E-state index is 0.781. The topological polar surface area (TPSA) is 43.6 Å². The molecule has 0 atom stereocenters. The fourth-order valence-corrected chi connectivity index (χ4v) is 1.50. The molecule has 0 aliphatic heterocycles. The molecule has 2 heterocycles. The van der Waals surface area contributed by atoms with Crippen molar-refractivity contribution in [2.45, 2.75) is 13.8 Å². The molecule has 0 fully saturated rings. The van der Waals surface area contributed by atoms with Crippen molar-refractivity contribution in [3.63, 3.8) is 0 Å². The molecule has 0 aromatic carbocycles. The highest BCUT2D eigenvalue weighted by molar-refractivity contribution is 5.57. The first-order valence-corrected chi connectivity index (χ1v) is 4.46. The molecule has 14 heavy (non-hydrogen) atoms. The summed E-state index contributed by atoms with van der Waals surface area (Å²) in [5.74, 6) is 0.781. The van der Waals surface area contributed by atoms with E-state index in [0.29, 0.717) is 0 Å². The van der Waals surface area contributed by atoms with Gasteiger partial charge in [0.1, 0.15) is 5.82 Å². The van der Waals surface area contributed by atoms with Gasteiger partial charge in [-0.2, -0.15) is 0 Å². The number of aromatic nitrogens is 4. The molecule has 0 N–H and O–H groups in total. The summed E-state index contributed by atoms with van der Waals surface area (Å²) in [5, 5.41) is 0. The van der Waals surface area contributed by atoms with Crippen molar-refractivity contribution in [2.24, 2.45) is 7.05 Å². The Morgan fingerprint density at radius 2 is 2.00 bits per heavy atom. The van der Waals surface area contributed by atoms with Gasteiger partial charge in [0.25, 0.3) is 0 Å². The van der Waals surface area contributed by atoms with Crippen LogP contribution < -0.4 is 0 Å². The minimum Gasteiger partial charge on any atom is -0.332 e. The molecule has 0 unspecified atom stereocenters. The summed E-state index contributed by atoms with van der Waals surface area (Å²) < 4.78 is 1.97. The van der Waals surface area contributed by atoms with Crippen LogP contribution in [0, 0.1) is 13.8 Å². The molecule has 2 aromatic rings. The van der Waals surface area contributed by atoms with Crippen LogP contribution in [0.5, 0.6) is 0 Å². The van der Waals surface area contributed by atoms with Crippen LogP contribution in [-0.2, 0) is 7.05 Å². The summed E-state index contributed by atoms with van der Waals surface area (Å²) >= 11 is 0. The van der Waals surface area contributed by atoms with Gasteiger partial charge in [-0.3, -0.25) is 0 Å². The molecule has 0 amide bonds. The normalized spacial score (nSPS) is 10.5. The van der Waals surface area contributed by atoms with Crippen molar-refractivity contribution in [2.75, 3.05) is 0 Å². The Hall–Kier alpha value is -1.71. The van der Waals surface area contributed by atoms with Crippen molar-refractivity contribution in [3.05, 3.63) is 30.1 Å². The predicted molar refractivity (Wildman–Crippen MR) is 53.7 cm³/mol. The van der Waals surface area contributed by atoms with Crippen LogP contribution >= 0.6 is 0 Å². The zero-order valence-electron chi connectivity index (χ0n) is 8.52. The number of rotatable bonds is 1. The quantitative estimate of drug-likeness (QED) is 0.681. The number of hydrogen-bond donors (Lipinski definition) is 0. The lowest BCUT2D eigenvalue weighted by Gasteiger charge is -2.03. The number of imidazole rings is 1. The van der Waals surface area contributed by atoms with Gasteiger partial charge < -0.3 is 4.57 Å². The van der Waals surface area contributed by atoms with Gasteiger partial charge >= 0.3 is 0 Å². The third-order valence-electron chi connectivity index (χ3n) is 2.14. The molecule has 4 heteroatoms. The molecule has 0 spiro atoms. The largest absolute Gasteiger partial charge is 0.332 e. The van der Waals surface area contributed by atoms with Crippen molar-refractivity contribution in [1.82, 2.24) is 19.5 Å². The van der Waals surface area contributed by atoms with Crippen LogP contribution in [0.1, 0.15) is 11.5 Å². The van der Waals surface area contributed by atoms with Gasteiger partial charge in [0.2, 0.25) is 0 Å². The van der Waals surface area contributed by atoms with Crippen LogP contribution in [0.3, 0.4) is 0 Å². The van der Waals surface area contributed by atoms with E-state index in [0.717, 1.165) is 22.9 Å². The highest BCUT2D eigenvalue weighted by Crippen LogP contribution is 2.18. The monoisotopic (exact) mass is 188 g/mol. The van der Waals surface area contributed by atoms with E-state index in [4.69, 9.17) is 0 Å². The maximum Gasteiger partial charge on any atom is 0.125 e. The Morgan fingerprint density at radius 3 is 2.57 bits per heavy atom. The molecule has 0 bridgehead atoms. The molecule has 72 valence electrons. The summed E-state index contributed by atoms with van der Waals surface area (Å²) in [6, 6.07) is 1.90. The number of hydrogen-bond acceptors (Lipinski definition) is 3. The second-order valence-corrected chi connectivity index (χ2v) is 3.28. The van der Waals surface area contributed by atoms with Gasteiger partial charge in [-0.25, -0.2) is 15.0 Å². The molecule has 2 rings (SSSR count). The van der Waals surface area contributed by atoms with Crippen molar-refractivity contribution in [3.8, 4) is 11.4 Å². The Morgan fingerprint density at radius 1 is 1.21 bits per heavy atom. The third kappa shape index (κ3) is 1.39. The van der Waals surface area contributed by atoms with Crippen LogP contribution in [-0.4, -0.2) is 19.5 Å². The Balaban J connectivity index is 2.59. The van der Waals surface area contributed by atoms with E-state index in [1.54, 1.807) is 12.5 Å². The third-order valence-corrected chi connectivity index (χ3v) is 2.14. The summed E-state index contributed by atoms with van der Waals surface area (Å²) in [4.78, 5) is 12.7. The second-order valence-electron chi connectivity index (χ2n) is 3.28. The van der Waals surface area contributed by atoms with E-state index in [1.807, 2.05) is 31.5 Å². The van der Waals surface area contributed by atoms with Crippen molar-refractivity contribution in [1.29, 1.82) is 0 Å². The average molecular weight is 188 g/mol. The molecular weight excluding hydrogens is 176 g/mol. The maximum atomic E-state index is 4.37. The minimum absolute atomic E-state index is 0.781. The zero-order valence-corrected chi connectivity index (χ0v) is 8.52. The van der Waals surface area contributed by atoms with Gasteiger partial charge in [-0.1, -0.05) is 0 Å². The van der Waals surface area contributed by atoms with E-state index in [1.165, 1.54) is 0 Å². The SMILES string of the molecule is Cc1nccc(-c2c(C)ncn2C)n1. The first-order chi connectivity index (χ1) is 6.68. The molecule has 4 nitrogen and oxygen atoms in total. The first-order valence-electron chi connectivity index (χ1n) is 4.46. The first kappa shape index (κ1) is 8.87. The van der Waals surface area contributed by atoms with Crippen molar-refractivity contribution >= 4 is 0 Å². The fourth-order valence-electron chi connectivity index (χ4n) is 1.50. The van der Waals surface area contributed by atoms with Crippen LogP contribution in [0.25, 0.3) is 11.4 Å². The van der Waals surface area contributed by atoms with E-state index >= 15 is 0 Å². The highest BCUT2D eigenvalue weighted by atomic mass is 15.0. The van der Waals surface area contributed by atoms with Gasteiger partial charge in [-0.05, 0) is 19.9 Å². The average Bonchev–Trinajstić information content (AvgIpc) is 2.46. The van der Waals surface area contributed by atoms with Crippen LogP contribution in [0.4, 0.5) is 0 Å². The highest BCUT2D eigenvalue weighted by Gasteiger charge is 2.08. The summed E-state index contributed by atoms with van der Waals surface area (Å²) in [5.41, 5.74) is 2.97. The van der Waals surface area contributed by atoms with Crippen LogP contribution in [0.2, 0.25) is 0 Å². The molecule has 0 aliphatic carbocycles. The Kier molecular flexibility index (Phi) is 2.04. The van der Waals surface area contributed by atoms with Crippen LogP contribution in [0.15, 0.2) is 18.6 Å². The van der Waals surface area contributed by atoms with Crippen molar-refractivity contribution < 1.29 is 0 Å². The Bertz CT molecular complexity index is 439. The fraction of sp³-hybridized carbons (Fsp3) is 0.300. The predicted octanol–water partition coefficient (Wildman–Crippen LogP) is 1.49. The molecular formula is C10H12N4. The summed E-state index contributed by atoms with van der Waals surface area (Å²) in [7, 11) is 1.97. The smallest absolute Gasteiger partial charge is 0.125 e. The van der Waals surface area contributed by atoms with E-state index in [2.05, 4.69) is 15.0 Å². The number of nitrogens with zero attached hydrogens (tertiary/aromatic N) is 4.